The Bertz CT molecular complexity index is 1040. The van der Waals surface area contributed by atoms with Crippen molar-refractivity contribution in [3.8, 4) is 11.4 Å². The van der Waals surface area contributed by atoms with Crippen LogP contribution in [0.4, 0.5) is 0 Å². The molecule has 4 rings (SSSR count). The summed E-state index contributed by atoms with van der Waals surface area (Å²) in [4.78, 5) is 15.5. The number of nitrogens with zero attached hydrogens (tertiary/aromatic N) is 2. The summed E-state index contributed by atoms with van der Waals surface area (Å²) in [5, 5.41) is 9.29. The fourth-order valence-corrected chi connectivity index (χ4v) is 4.30. The first-order chi connectivity index (χ1) is 13.0. The molecule has 0 bridgehead atoms. The Morgan fingerprint density at radius 1 is 1.19 bits per heavy atom. The molecule has 2 aromatic heterocycles. The van der Waals surface area contributed by atoms with Crippen molar-refractivity contribution in [3.05, 3.63) is 51.3 Å². The van der Waals surface area contributed by atoms with E-state index >= 15 is 0 Å². The molecule has 1 aliphatic rings. The second-order valence-electron chi connectivity index (χ2n) is 8.04. The topological polar surface area (TPSA) is 62.7 Å². The second kappa shape index (κ2) is 6.97. The van der Waals surface area contributed by atoms with Gasteiger partial charge in [-0.15, -0.1) is 0 Å². The van der Waals surface area contributed by atoms with Crippen molar-refractivity contribution in [1.29, 1.82) is 0 Å². The van der Waals surface area contributed by atoms with Crippen LogP contribution in [0.3, 0.4) is 0 Å². The Balaban J connectivity index is 1.90. The maximum atomic E-state index is 11.9. The lowest BCUT2D eigenvalue weighted by molar-refractivity contribution is 0.460. The van der Waals surface area contributed by atoms with Crippen LogP contribution in [0.1, 0.15) is 55.2 Å². The van der Waals surface area contributed by atoms with Crippen molar-refractivity contribution in [2.45, 2.75) is 45.4 Å². The number of nitrogens with one attached hydrogen (secondary N) is 2. The number of benzene rings is 1. The van der Waals surface area contributed by atoms with Gasteiger partial charge in [-0.25, -0.2) is 4.68 Å². The molecule has 5 nitrogen and oxygen atoms in total. The third-order valence-electron chi connectivity index (χ3n) is 5.77. The number of hydrogen-bond donors (Lipinski definition) is 2. The molecule has 1 aliphatic heterocycles. The minimum atomic E-state index is -0.0772. The van der Waals surface area contributed by atoms with Gasteiger partial charge < -0.3 is 10.3 Å². The van der Waals surface area contributed by atoms with E-state index in [0.29, 0.717) is 11.8 Å². The van der Waals surface area contributed by atoms with Gasteiger partial charge in [-0.05, 0) is 73.5 Å². The molecule has 1 aromatic carbocycles. The Labute approximate surface area is 159 Å². The van der Waals surface area contributed by atoms with Crippen LogP contribution >= 0.6 is 0 Å². The molecule has 1 fully saturated rings. The van der Waals surface area contributed by atoms with Crippen LogP contribution in [0.25, 0.3) is 22.3 Å². The highest BCUT2D eigenvalue weighted by Gasteiger charge is 2.21. The van der Waals surface area contributed by atoms with E-state index in [1.54, 1.807) is 13.1 Å². The van der Waals surface area contributed by atoms with Crippen molar-refractivity contribution in [2.24, 2.45) is 7.05 Å². The highest BCUT2D eigenvalue weighted by molar-refractivity contribution is 5.91. The third-order valence-corrected chi connectivity index (χ3v) is 5.77. The lowest BCUT2D eigenvalue weighted by Crippen LogP contribution is -2.26. The maximum absolute atomic E-state index is 11.9. The zero-order chi connectivity index (χ0) is 19.1. The number of fused-ring (bicyclic) bond motifs is 1. The van der Waals surface area contributed by atoms with Crippen molar-refractivity contribution in [2.75, 3.05) is 13.1 Å². The lowest BCUT2D eigenvalue weighted by Gasteiger charge is -2.23. The summed E-state index contributed by atoms with van der Waals surface area (Å²) in [6.45, 7) is 8.60. The molecule has 1 saturated heterocycles. The summed E-state index contributed by atoms with van der Waals surface area (Å²) in [6.07, 6.45) is 2.39. The third kappa shape index (κ3) is 3.21. The highest BCUT2D eigenvalue weighted by atomic mass is 16.1. The van der Waals surface area contributed by atoms with Crippen LogP contribution in [0.2, 0.25) is 0 Å². The van der Waals surface area contributed by atoms with Crippen molar-refractivity contribution < 1.29 is 0 Å². The molecule has 142 valence electrons. The van der Waals surface area contributed by atoms with E-state index in [1.807, 2.05) is 6.92 Å². The Hall–Kier alpha value is -2.40. The predicted molar refractivity (Wildman–Crippen MR) is 110 cm³/mol. The summed E-state index contributed by atoms with van der Waals surface area (Å²) < 4.78 is 1.42. The summed E-state index contributed by atoms with van der Waals surface area (Å²) in [7, 11) is 1.71. The van der Waals surface area contributed by atoms with E-state index < -0.39 is 0 Å². The molecule has 0 atom stereocenters. The first kappa shape index (κ1) is 18.0. The first-order valence-electron chi connectivity index (χ1n) is 9.87. The predicted octanol–water partition coefficient (Wildman–Crippen LogP) is 3.83. The van der Waals surface area contributed by atoms with E-state index in [9.17, 15) is 4.79 Å². The summed E-state index contributed by atoms with van der Waals surface area (Å²) in [5.41, 5.74) is 6.59. The highest BCUT2D eigenvalue weighted by Crippen LogP contribution is 2.37. The van der Waals surface area contributed by atoms with Crippen LogP contribution < -0.4 is 10.9 Å². The van der Waals surface area contributed by atoms with E-state index in [1.165, 1.54) is 34.0 Å². The zero-order valence-electron chi connectivity index (χ0n) is 16.6. The molecule has 5 heteroatoms. The molecule has 27 heavy (non-hydrogen) atoms. The van der Waals surface area contributed by atoms with Crippen LogP contribution in [-0.4, -0.2) is 27.9 Å². The fraction of sp³-hybridized carbons (Fsp3) is 0.455. The molecular formula is C22H28N4O. The largest absolute Gasteiger partial charge is 0.353 e. The number of aromatic amines is 1. The van der Waals surface area contributed by atoms with E-state index in [2.05, 4.69) is 47.4 Å². The number of aryl methyl sites for hydroxylation is 2. The maximum Gasteiger partial charge on any atom is 0.266 e. The molecule has 0 amide bonds. The normalized spacial score (nSPS) is 15.7. The molecule has 2 N–H and O–H groups in total. The Kier molecular flexibility index (Phi) is 4.64. The van der Waals surface area contributed by atoms with Gasteiger partial charge in [-0.1, -0.05) is 19.9 Å². The average molecular weight is 364 g/mol. The molecule has 0 unspecified atom stereocenters. The van der Waals surface area contributed by atoms with Crippen LogP contribution in [0.5, 0.6) is 0 Å². The minimum Gasteiger partial charge on any atom is -0.353 e. The van der Waals surface area contributed by atoms with Crippen molar-refractivity contribution in [1.82, 2.24) is 20.1 Å². The monoisotopic (exact) mass is 364 g/mol. The van der Waals surface area contributed by atoms with E-state index in [0.717, 1.165) is 35.6 Å². The van der Waals surface area contributed by atoms with Gasteiger partial charge in [0.05, 0.1) is 5.69 Å². The molecule has 0 spiro atoms. The Morgan fingerprint density at radius 3 is 2.63 bits per heavy atom. The smallest absolute Gasteiger partial charge is 0.266 e. The van der Waals surface area contributed by atoms with Gasteiger partial charge in [0.2, 0.25) is 0 Å². The number of H-pyrrole nitrogens is 1. The molecule has 0 saturated carbocycles. The van der Waals surface area contributed by atoms with Gasteiger partial charge in [-0.2, -0.15) is 5.10 Å². The number of aromatic nitrogens is 3. The van der Waals surface area contributed by atoms with Crippen LogP contribution in [-0.2, 0) is 7.05 Å². The van der Waals surface area contributed by atoms with Gasteiger partial charge in [0.1, 0.15) is 5.69 Å². The Morgan fingerprint density at radius 2 is 1.93 bits per heavy atom. The molecule has 0 aliphatic carbocycles. The summed E-state index contributed by atoms with van der Waals surface area (Å²) in [5.74, 6) is 0.988. The molecule has 3 heterocycles. The van der Waals surface area contributed by atoms with Crippen LogP contribution in [0.15, 0.2) is 29.1 Å². The van der Waals surface area contributed by atoms with Gasteiger partial charge in [0.25, 0.3) is 5.56 Å². The lowest BCUT2D eigenvalue weighted by atomic mass is 9.88. The summed E-state index contributed by atoms with van der Waals surface area (Å²) in [6, 6.07) is 8.51. The second-order valence-corrected chi connectivity index (χ2v) is 8.04. The number of hydrogen-bond acceptors (Lipinski definition) is 3. The van der Waals surface area contributed by atoms with E-state index in [4.69, 9.17) is 0 Å². The number of rotatable bonds is 3. The average Bonchev–Trinajstić information content (AvgIpc) is 3.04. The summed E-state index contributed by atoms with van der Waals surface area (Å²) >= 11 is 0. The quantitative estimate of drug-likeness (QED) is 0.742. The SMILES string of the molecule is Cc1cc(=O)n(C)nc1-c1[nH]c2ccc(C3CCNCC3)cc2c1C(C)C. The van der Waals surface area contributed by atoms with Crippen LogP contribution in [0, 0.1) is 6.92 Å². The van der Waals surface area contributed by atoms with Gasteiger partial charge in [-0.3, -0.25) is 4.79 Å². The van der Waals surface area contributed by atoms with E-state index in [-0.39, 0.29) is 5.56 Å². The van der Waals surface area contributed by atoms with Gasteiger partial charge in [0, 0.05) is 24.0 Å². The van der Waals surface area contributed by atoms with Gasteiger partial charge in [0.15, 0.2) is 0 Å². The van der Waals surface area contributed by atoms with Crippen molar-refractivity contribution >= 4 is 10.9 Å². The minimum absolute atomic E-state index is 0.0772. The zero-order valence-corrected chi connectivity index (χ0v) is 16.6. The standard InChI is InChI=1S/C22H28N4O/c1-13(2)20-17-12-16(15-7-9-23-10-8-15)5-6-18(17)24-22(20)21-14(3)11-19(27)26(4)25-21/h5-6,11-13,15,23-24H,7-10H2,1-4H3. The fourth-order valence-electron chi connectivity index (χ4n) is 4.30. The molecular weight excluding hydrogens is 336 g/mol. The molecule has 0 radical (unpaired) electrons. The number of piperidine rings is 1. The first-order valence-corrected chi connectivity index (χ1v) is 9.87. The molecule has 3 aromatic rings. The van der Waals surface area contributed by atoms with Crippen molar-refractivity contribution in [3.63, 3.8) is 0 Å². The van der Waals surface area contributed by atoms with Gasteiger partial charge >= 0.3 is 0 Å².